The summed E-state index contributed by atoms with van der Waals surface area (Å²) in [4.78, 5) is 0. The van der Waals surface area contributed by atoms with E-state index >= 15 is 0 Å². The summed E-state index contributed by atoms with van der Waals surface area (Å²) in [5.74, 6) is 0.107. The van der Waals surface area contributed by atoms with Crippen LogP contribution in [0.4, 0.5) is 5.69 Å². The topological polar surface area (TPSA) is 58.2 Å². The largest absolute Gasteiger partial charge is 0.313 e. The fourth-order valence-corrected chi connectivity index (χ4v) is 3.55. The zero-order chi connectivity index (χ0) is 14.5. The van der Waals surface area contributed by atoms with Crippen LogP contribution >= 0.6 is 0 Å². The summed E-state index contributed by atoms with van der Waals surface area (Å²) < 4.78 is 26.9. The Balaban J connectivity index is 2.87. The monoisotopic (exact) mass is 284 g/mol. The molecule has 0 amide bonds. The van der Waals surface area contributed by atoms with Gasteiger partial charge in [-0.05, 0) is 23.6 Å². The highest BCUT2D eigenvalue weighted by atomic mass is 32.2. The molecule has 2 N–H and O–H groups in total. The molecule has 0 aliphatic carbocycles. The first-order chi connectivity index (χ1) is 8.73. The Hall–Kier alpha value is -1.07. The van der Waals surface area contributed by atoms with Gasteiger partial charge in [0.1, 0.15) is 0 Å². The molecule has 0 aromatic heterocycles. The second-order valence-corrected chi connectivity index (χ2v) is 7.58. The zero-order valence-corrected chi connectivity index (χ0v) is 13.0. The summed E-state index contributed by atoms with van der Waals surface area (Å²) in [5, 5.41) is 3.20. The van der Waals surface area contributed by atoms with E-state index in [2.05, 4.69) is 10.0 Å². The minimum Gasteiger partial charge on any atom is -0.313 e. The lowest BCUT2D eigenvalue weighted by atomic mass is 10.0. The Labute approximate surface area is 116 Å². The van der Waals surface area contributed by atoms with Gasteiger partial charge < -0.3 is 5.32 Å². The van der Waals surface area contributed by atoms with Crippen molar-refractivity contribution in [2.45, 2.75) is 34.2 Å². The molecule has 19 heavy (non-hydrogen) atoms. The number of sulfonamides is 1. The van der Waals surface area contributed by atoms with E-state index in [4.69, 9.17) is 0 Å². The van der Waals surface area contributed by atoms with E-state index in [0.29, 0.717) is 12.2 Å². The Kier molecular flexibility index (Phi) is 5.38. The van der Waals surface area contributed by atoms with Crippen molar-refractivity contribution in [2.24, 2.45) is 5.41 Å². The van der Waals surface area contributed by atoms with E-state index in [1.165, 1.54) is 0 Å². The van der Waals surface area contributed by atoms with Crippen LogP contribution in [0.5, 0.6) is 0 Å². The first kappa shape index (κ1) is 16.0. The highest BCUT2D eigenvalue weighted by molar-refractivity contribution is 7.92. The maximum absolute atomic E-state index is 12.1. The molecule has 0 aliphatic heterocycles. The van der Waals surface area contributed by atoms with Gasteiger partial charge in [0.2, 0.25) is 10.0 Å². The first-order valence-corrected chi connectivity index (χ1v) is 8.18. The molecule has 1 aromatic carbocycles. The molecule has 0 radical (unpaired) electrons. The molecule has 0 saturated heterocycles. The predicted octanol–water partition coefficient (Wildman–Crippen LogP) is 2.58. The van der Waals surface area contributed by atoms with Crippen LogP contribution in [0.15, 0.2) is 24.3 Å². The lowest BCUT2D eigenvalue weighted by Crippen LogP contribution is -2.27. The normalized spacial score (nSPS) is 12.4. The third-order valence-electron chi connectivity index (χ3n) is 2.47. The molecule has 108 valence electrons. The van der Waals surface area contributed by atoms with Crippen molar-refractivity contribution in [2.75, 3.05) is 17.0 Å². The predicted molar refractivity (Wildman–Crippen MR) is 80.7 cm³/mol. The zero-order valence-electron chi connectivity index (χ0n) is 12.2. The van der Waals surface area contributed by atoms with Crippen LogP contribution in [0.2, 0.25) is 0 Å². The molecular weight excluding hydrogens is 260 g/mol. The van der Waals surface area contributed by atoms with Crippen LogP contribution in [-0.2, 0) is 16.6 Å². The van der Waals surface area contributed by atoms with E-state index < -0.39 is 10.0 Å². The third-order valence-corrected chi connectivity index (χ3v) is 4.25. The molecule has 0 spiro atoms. The highest BCUT2D eigenvalue weighted by Crippen LogP contribution is 2.21. The van der Waals surface area contributed by atoms with Crippen molar-refractivity contribution in [1.29, 1.82) is 0 Å². The molecule has 0 fully saturated rings. The number of nitrogens with one attached hydrogen (secondary N) is 2. The van der Waals surface area contributed by atoms with Crippen molar-refractivity contribution in [1.82, 2.24) is 5.32 Å². The standard InChI is InChI=1S/C14H24N2O2S/c1-5-15-10-12-8-6-7-9-13(12)16-19(17,18)11-14(2,3)4/h6-9,15-16H,5,10-11H2,1-4H3. The molecule has 5 heteroatoms. The molecule has 4 nitrogen and oxygen atoms in total. The molecule has 1 aromatic rings. The van der Waals surface area contributed by atoms with Gasteiger partial charge >= 0.3 is 0 Å². The Morgan fingerprint density at radius 1 is 1.16 bits per heavy atom. The van der Waals surface area contributed by atoms with Crippen LogP contribution in [0.3, 0.4) is 0 Å². The average molecular weight is 284 g/mol. The molecule has 0 bridgehead atoms. The van der Waals surface area contributed by atoms with Gasteiger partial charge in [0.25, 0.3) is 0 Å². The lowest BCUT2D eigenvalue weighted by molar-refractivity contribution is 0.463. The summed E-state index contributed by atoms with van der Waals surface area (Å²) in [5.41, 5.74) is 1.36. The fraction of sp³-hybridized carbons (Fsp3) is 0.571. The minimum atomic E-state index is -3.32. The van der Waals surface area contributed by atoms with E-state index in [-0.39, 0.29) is 11.2 Å². The second-order valence-electron chi connectivity index (χ2n) is 5.86. The quantitative estimate of drug-likeness (QED) is 0.844. The van der Waals surface area contributed by atoms with E-state index in [0.717, 1.165) is 12.1 Å². The van der Waals surface area contributed by atoms with Gasteiger partial charge in [-0.2, -0.15) is 0 Å². The summed E-state index contributed by atoms with van der Waals surface area (Å²) in [6.45, 7) is 9.27. The number of hydrogen-bond donors (Lipinski definition) is 2. The van der Waals surface area contributed by atoms with E-state index in [9.17, 15) is 8.42 Å². The number of anilines is 1. The van der Waals surface area contributed by atoms with Gasteiger partial charge in [-0.25, -0.2) is 8.42 Å². The van der Waals surface area contributed by atoms with E-state index in [1.807, 2.05) is 45.9 Å². The number of benzene rings is 1. The van der Waals surface area contributed by atoms with Gasteiger partial charge in [0, 0.05) is 6.54 Å². The summed E-state index contributed by atoms with van der Waals surface area (Å²) in [6.07, 6.45) is 0. The summed E-state index contributed by atoms with van der Waals surface area (Å²) in [7, 11) is -3.32. The van der Waals surface area contributed by atoms with Crippen LogP contribution in [0.1, 0.15) is 33.3 Å². The Morgan fingerprint density at radius 3 is 2.37 bits per heavy atom. The van der Waals surface area contributed by atoms with Gasteiger partial charge in [0.15, 0.2) is 0 Å². The third kappa shape index (κ3) is 6.07. The second kappa shape index (κ2) is 6.39. The van der Waals surface area contributed by atoms with Crippen LogP contribution in [0, 0.1) is 5.41 Å². The molecule has 0 heterocycles. The van der Waals surface area contributed by atoms with E-state index in [1.54, 1.807) is 6.07 Å². The van der Waals surface area contributed by atoms with Gasteiger partial charge in [-0.1, -0.05) is 45.9 Å². The van der Waals surface area contributed by atoms with Gasteiger partial charge in [0.05, 0.1) is 11.4 Å². The minimum absolute atomic E-state index is 0.107. The number of rotatable bonds is 6. The Morgan fingerprint density at radius 2 is 1.79 bits per heavy atom. The summed E-state index contributed by atoms with van der Waals surface area (Å²) >= 11 is 0. The van der Waals surface area contributed by atoms with Crippen molar-refractivity contribution in [3.63, 3.8) is 0 Å². The SMILES string of the molecule is CCNCc1ccccc1NS(=O)(=O)CC(C)(C)C. The molecule has 0 unspecified atom stereocenters. The van der Waals surface area contributed by atoms with Crippen molar-refractivity contribution in [3.8, 4) is 0 Å². The smallest absolute Gasteiger partial charge is 0.233 e. The maximum atomic E-state index is 12.1. The maximum Gasteiger partial charge on any atom is 0.233 e. The lowest BCUT2D eigenvalue weighted by Gasteiger charge is -2.20. The molecule has 1 rings (SSSR count). The van der Waals surface area contributed by atoms with Gasteiger partial charge in [-0.15, -0.1) is 0 Å². The molecule has 0 aliphatic rings. The average Bonchev–Trinajstić information content (AvgIpc) is 2.24. The van der Waals surface area contributed by atoms with Crippen LogP contribution < -0.4 is 10.0 Å². The number of para-hydroxylation sites is 1. The van der Waals surface area contributed by atoms with Crippen molar-refractivity contribution < 1.29 is 8.42 Å². The Bertz CT molecular complexity index is 504. The fourth-order valence-electron chi connectivity index (χ4n) is 1.81. The molecule has 0 atom stereocenters. The van der Waals surface area contributed by atoms with Crippen molar-refractivity contribution in [3.05, 3.63) is 29.8 Å². The summed E-state index contributed by atoms with van der Waals surface area (Å²) in [6, 6.07) is 7.48. The van der Waals surface area contributed by atoms with Gasteiger partial charge in [-0.3, -0.25) is 4.72 Å². The van der Waals surface area contributed by atoms with Crippen LogP contribution in [0.25, 0.3) is 0 Å². The highest BCUT2D eigenvalue weighted by Gasteiger charge is 2.22. The van der Waals surface area contributed by atoms with Crippen molar-refractivity contribution >= 4 is 15.7 Å². The number of hydrogen-bond acceptors (Lipinski definition) is 3. The van der Waals surface area contributed by atoms with Crippen LogP contribution in [-0.4, -0.2) is 20.7 Å². The molecule has 0 saturated carbocycles. The first-order valence-electron chi connectivity index (χ1n) is 6.52. The molecular formula is C14H24N2O2S.